The van der Waals surface area contributed by atoms with Crippen molar-refractivity contribution < 1.29 is 23.7 Å². The van der Waals surface area contributed by atoms with Gasteiger partial charge in [0.05, 0.1) is 22.9 Å². The minimum atomic E-state index is -1.38. The minimum absolute atomic E-state index is 0. The largest absolute Gasteiger partial charge is 0.490 e. The van der Waals surface area contributed by atoms with Crippen molar-refractivity contribution in [2.24, 2.45) is 0 Å². The Morgan fingerprint density at radius 2 is 1.47 bits per heavy atom. The van der Waals surface area contributed by atoms with Crippen LogP contribution in [0.4, 0.5) is 11.4 Å². The number of hydrogen-bond acceptors (Lipinski definition) is 11. The molecule has 2 unspecified atom stereocenters. The highest BCUT2D eigenvalue weighted by molar-refractivity contribution is 8.93. The number of nitrogens with zero attached hydrogens (tertiary/aromatic N) is 8. The maximum atomic E-state index is 13.1. The molecule has 14 nitrogen and oxygen atoms in total. The fourth-order valence-corrected chi connectivity index (χ4v) is 9.43. The van der Waals surface area contributed by atoms with Crippen molar-refractivity contribution in [1.82, 2.24) is 29.1 Å². The van der Waals surface area contributed by atoms with E-state index in [0.717, 1.165) is 72.8 Å². The molecule has 354 valence electrons. The zero-order chi connectivity index (χ0) is 46.5. The number of esters is 1. The van der Waals surface area contributed by atoms with Crippen LogP contribution in [0.5, 0.6) is 11.5 Å². The molecule has 2 aromatic heterocycles. The summed E-state index contributed by atoms with van der Waals surface area (Å²) in [4.78, 5) is 34.8. The molecule has 68 heavy (non-hydrogen) atoms. The molecule has 4 heterocycles. The topological polar surface area (TPSA) is 131 Å². The Morgan fingerprint density at radius 1 is 0.809 bits per heavy atom. The first-order valence-electron chi connectivity index (χ1n) is 22.5. The van der Waals surface area contributed by atoms with Crippen molar-refractivity contribution in [1.29, 1.82) is 0 Å². The van der Waals surface area contributed by atoms with E-state index in [1.165, 1.54) is 11.0 Å². The fraction of sp³-hybridized carbons (Fsp3) is 0.314. The summed E-state index contributed by atoms with van der Waals surface area (Å²) in [6, 6.07) is 34.4. The van der Waals surface area contributed by atoms with Crippen LogP contribution in [0.3, 0.4) is 0 Å². The first-order chi connectivity index (χ1) is 32.5. The lowest BCUT2D eigenvalue weighted by atomic mass is 9.93. The van der Waals surface area contributed by atoms with Crippen LogP contribution in [0.1, 0.15) is 52.4 Å². The summed E-state index contributed by atoms with van der Waals surface area (Å²) in [7, 11) is 0. The van der Waals surface area contributed by atoms with E-state index in [9.17, 15) is 9.59 Å². The van der Waals surface area contributed by atoms with Crippen LogP contribution in [0.15, 0.2) is 133 Å². The third kappa shape index (κ3) is 10.7. The van der Waals surface area contributed by atoms with Gasteiger partial charge in [0.15, 0.2) is 0 Å². The number of aryl methyl sites for hydroxylation is 3. The third-order valence-electron chi connectivity index (χ3n) is 12.3. The quantitative estimate of drug-likeness (QED) is 0.0678. The van der Waals surface area contributed by atoms with Crippen LogP contribution < -0.4 is 25.0 Å². The number of halogens is 3. The van der Waals surface area contributed by atoms with Gasteiger partial charge in [-0.15, -0.1) is 17.0 Å². The van der Waals surface area contributed by atoms with Gasteiger partial charge in [-0.3, -0.25) is 0 Å². The molecule has 2 aliphatic heterocycles. The van der Waals surface area contributed by atoms with Crippen molar-refractivity contribution >= 4 is 57.5 Å². The summed E-state index contributed by atoms with van der Waals surface area (Å²) in [6.45, 7) is 10.4. The number of rotatable bonds is 16. The summed E-state index contributed by atoms with van der Waals surface area (Å²) in [5.74, 6) is -0.612. The maximum Gasteiger partial charge on any atom is 0.350 e. The Hall–Kier alpha value is -5.97. The number of carbonyl (C=O) groups excluding carboxylic acids is 1. The number of carbonyl (C=O) groups is 1. The van der Waals surface area contributed by atoms with Crippen LogP contribution >= 0.6 is 40.2 Å². The Bertz CT molecular complexity index is 2850. The van der Waals surface area contributed by atoms with Gasteiger partial charge in [0.25, 0.3) is 0 Å². The van der Waals surface area contributed by atoms with Gasteiger partial charge in [0, 0.05) is 61.1 Å². The summed E-state index contributed by atoms with van der Waals surface area (Å²) in [5, 5.41) is 9.53. The van der Waals surface area contributed by atoms with Gasteiger partial charge in [-0.1, -0.05) is 72.9 Å². The average molecular weight is 1020 g/mol. The number of benzene rings is 5. The van der Waals surface area contributed by atoms with Crippen LogP contribution in [-0.4, -0.2) is 80.1 Å². The van der Waals surface area contributed by atoms with E-state index in [0.29, 0.717) is 45.6 Å². The van der Waals surface area contributed by atoms with Gasteiger partial charge < -0.3 is 28.7 Å². The van der Waals surface area contributed by atoms with Crippen LogP contribution in [0.25, 0.3) is 5.69 Å². The highest BCUT2D eigenvalue weighted by atomic mass is 79.9. The Kier molecular flexibility index (Phi) is 15.1. The van der Waals surface area contributed by atoms with E-state index in [-0.39, 0.29) is 42.4 Å². The van der Waals surface area contributed by atoms with E-state index in [4.69, 9.17) is 42.1 Å². The van der Waals surface area contributed by atoms with Gasteiger partial charge in [0.1, 0.15) is 49.2 Å². The second kappa shape index (κ2) is 21.1. The van der Waals surface area contributed by atoms with Crippen molar-refractivity contribution in [2.45, 2.75) is 64.5 Å². The second-order valence-electron chi connectivity index (χ2n) is 17.2. The molecule has 2 saturated heterocycles. The lowest BCUT2D eigenvalue weighted by molar-refractivity contribution is -0.211. The fourth-order valence-electron chi connectivity index (χ4n) is 8.88. The Labute approximate surface area is 415 Å². The van der Waals surface area contributed by atoms with E-state index >= 15 is 0 Å². The molecule has 7 aromatic rings. The van der Waals surface area contributed by atoms with Crippen molar-refractivity contribution in [3.63, 3.8) is 0 Å². The molecule has 0 N–H and O–H groups in total. The molecular weight excluding hydrogens is 971 g/mol. The van der Waals surface area contributed by atoms with Crippen LogP contribution in [-0.2, 0) is 34.8 Å². The van der Waals surface area contributed by atoms with Crippen molar-refractivity contribution in [3.05, 3.63) is 177 Å². The number of ether oxygens (including phenoxy) is 4. The van der Waals surface area contributed by atoms with Gasteiger partial charge in [-0.2, -0.15) is 10.2 Å². The monoisotopic (exact) mass is 1020 g/mol. The molecule has 9 rings (SSSR count). The lowest BCUT2D eigenvalue weighted by Gasteiger charge is -2.37. The van der Waals surface area contributed by atoms with Crippen LogP contribution in [0.2, 0.25) is 10.0 Å². The SMILES string of the molecule is Br.CCCCn1ncn(-c2ccc(N3CCN(c4ccc(OCC5(Cc6cc(C)c(OC(=O)c7ccccc7)c(C)c6)COC(Cn6cncn6)(c6ccc(Cl)cc6Cl)O5)cc4)CC3)cc2)c1=O. The number of hydrogen-bond donors (Lipinski definition) is 0. The van der Waals surface area contributed by atoms with Crippen molar-refractivity contribution in [2.75, 3.05) is 49.2 Å². The Morgan fingerprint density at radius 3 is 2.10 bits per heavy atom. The van der Waals surface area contributed by atoms with Gasteiger partial charge in [-0.25, -0.2) is 28.5 Å². The molecule has 2 atom stereocenters. The Balaban J connectivity index is 0.00000625. The second-order valence-corrected chi connectivity index (χ2v) is 18.0. The molecule has 0 saturated carbocycles. The highest BCUT2D eigenvalue weighted by Gasteiger charge is 2.54. The highest BCUT2D eigenvalue weighted by Crippen LogP contribution is 2.46. The standard InChI is InChI=1S/C51H52Cl2N8O6.BrH/c1-4-5-21-61-49(63)60(35-56-61)43-14-12-41(13-15-43)57-22-24-58(25-23-57)42-16-18-44(19-17-42)64-31-50(29-38-26-36(2)47(37(3)27-38)66-48(62)39-9-7-6-8-10-39)32-65-51(67-50,30-59-34-54-33-55-59)45-20-11-40(52)28-46(45)53;/h6-20,26-28,33-35H,4-5,21-25,29-32H2,1-3H3;1H. The van der Waals surface area contributed by atoms with Gasteiger partial charge >= 0.3 is 11.7 Å². The van der Waals surface area contributed by atoms with E-state index in [2.05, 4.69) is 56.2 Å². The number of anilines is 2. The first-order valence-corrected chi connectivity index (χ1v) is 23.2. The van der Waals surface area contributed by atoms with E-state index in [1.54, 1.807) is 46.2 Å². The van der Waals surface area contributed by atoms with Crippen LogP contribution in [0, 0.1) is 13.8 Å². The molecule has 5 aromatic carbocycles. The van der Waals surface area contributed by atoms with Gasteiger partial charge in [-0.05, 0) is 110 Å². The molecule has 0 amide bonds. The number of unbranched alkanes of at least 4 members (excludes halogenated alkanes) is 1. The summed E-state index contributed by atoms with van der Waals surface area (Å²) >= 11 is 13.3. The third-order valence-corrected chi connectivity index (χ3v) is 12.9. The molecule has 0 aliphatic carbocycles. The summed E-state index contributed by atoms with van der Waals surface area (Å²) in [5.41, 5.74) is 5.48. The number of aromatic nitrogens is 6. The predicted molar refractivity (Wildman–Crippen MR) is 268 cm³/mol. The van der Waals surface area contributed by atoms with E-state index < -0.39 is 17.4 Å². The molecule has 17 heteroatoms. The molecule has 0 spiro atoms. The molecular formula is C51H53BrCl2N8O6. The molecule has 2 fully saturated rings. The summed E-state index contributed by atoms with van der Waals surface area (Å²) < 4.78 is 31.3. The smallest absolute Gasteiger partial charge is 0.350 e. The molecule has 0 bridgehead atoms. The van der Waals surface area contributed by atoms with Crippen molar-refractivity contribution in [3.8, 4) is 17.2 Å². The molecule has 2 aliphatic rings. The summed E-state index contributed by atoms with van der Waals surface area (Å²) in [6.07, 6.45) is 6.96. The lowest BCUT2D eigenvalue weighted by Crippen LogP contribution is -2.46. The van der Waals surface area contributed by atoms with E-state index in [1.807, 2.05) is 74.5 Å². The zero-order valence-electron chi connectivity index (χ0n) is 38.1. The first kappa shape index (κ1) is 48.5. The average Bonchev–Trinajstić information content (AvgIpc) is 4.09. The number of piperazine rings is 1. The van der Waals surface area contributed by atoms with Gasteiger partial charge in [0.2, 0.25) is 5.79 Å². The zero-order valence-corrected chi connectivity index (χ0v) is 41.3. The maximum absolute atomic E-state index is 13.1. The normalized spacial score (nSPS) is 18.1. The minimum Gasteiger partial charge on any atom is -0.490 e. The molecule has 0 radical (unpaired) electrons. The predicted octanol–water partition coefficient (Wildman–Crippen LogP) is 9.43.